The predicted octanol–water partition coefficient (Wildman–Crippen LogP) is 2.80. The summed E-state index contributed by atoms with van der Waals surface area (Å²) in [6.45, 7) is 3.52. The smallest absolute Gasteiger partial charge is 0.297 e. The fourth-order valence-corrected chi connectivity index (χ4v) is 2.10. The van der Waals surface area contributed by atoms with Gasteiger partial charge < -0.3 is 4.74 Å². The number of Topliss-reactive ketones (excluding diaryl/α,β-unsaturated/α-hetero) is 1. The van der Waals surface area contributed by atoms with Gasteiger partial charge in [-0.3, -0.25) is 14.9 Å². The third-order valence-corrected chi connectivity index (χ3v) is 2.98. The molecule has 0 radical (unpaired) electrons. The van der Waals surface area contributed by atoms with Gasteiger partial charge in [-0.2, -0.15) is 0 Å². The number of carbonyl (C=O) groups excluding carboxylic acids is 1. The zero-order valence-electron chi connectivity index (χ0n) is 8.82. The van der Waals surface area contributed by atoms with E-state index in [2.05, 4.69) is 0 Å². The van der Waals surface area contributed by atoms with Crippen molar-refractivity contribution >= 4 is 34.1 Å². The second kappa shape index (κ2) is 5.24. The Kier molecular flexibility index (Phi) is 4.22. The summed E-state index contributed by atoms with van der Waals surface area (Å²) in [6.07, 6.45) is 0. The van der Waals surface area contributed by atoms with Gasteiger partial charge in [0, 0.05) is 0 Å². The number of nitrogens with zero attached hydrogens (tertiary/aromatic N) is 1. The van der Waals surface area contributed by atoms with Crippen LogP contribution in [0.5, 0.6) is 5.75 Å². The van der Waals surface area contributed by atoms with E-state index in [-0.39, 0.29) is 17.0 Å². The predicted molar refractivity (Wildman–Crippen MR) is 67.0 cm³/mol. The van der Waals surface area contributed by atoms with Gasteiger partial charge in [-0.15, -0.1) is 0 Å². The maximum absolute atomic E-state index is 11.2. The number of halogens is 1. The summed E-state index contributed by atoms with van der Waals surface area (Å²) >= 11 is 1.82. The first-order valence-corrected chi connectivity index (χ1v) is 5.67. The monoisotopic (exact) mass is 335 g/mol. The van der Waals surface area contributed by atoms with Gasteiger partial charge in [-0.1, -0.05) is 0 Å². The molecule has 0 atom stereocenters. The van der Waals surface area contributed by atoms with Crippen molar-refractivity contribution < 1.29 is 14.5 Å². The summed E-state index contributed by atoms with van der Waals surface area (Å²) < 4.78 is 5.60. The van der Waals surface area contributed by atoms with Gasteiger partial charge >= 0.3 is 0 Å². The van der Waals surface area contributed by atoms with Crippen molar-refractivity contribution in [1.82, 2.24) is 0 Å². The van der Waals surface area contributed by atoms with E-state index in [0.717, 1.165) is 0 Å². The Hall–Kier alpha value is -1.18. The molecule has 0 fully saturated rings. The molecule has 0 saturated carbocycles. The molecule has 0 aliphatic heterocycles. The molecule has 0 amide bonds. The molecule has 1 aromatic rings. The number of hydrogen-bond donors (Lipinski definition) is 0. The zero-order valence-corrected chi connectivity index (χ0v) is 11.0. The zero-order chi connectivity index (χ0) is 12.3. The van der Waals surface area contributed by atoms with E-state index in [9.17, 15) is 14.9 Å². The highest BCUT2D eigenvalue weighted by Gasteiger charge is 2.24. The van der Waals surface area contributed by atoms with Crippen LogP contribution in [0, 0.1) is 13.7 Å². The minimum atomic E-state index is -0.555. The third kappa shape index (κ3) is 2.49. The molecule has 0 saturated heterocycles. The first-order valence-electron chi connectivity index (χ1n) is 4.59. The Balaban J connectivity index is 3.41. The molecule has 0 spiro atoms. The fourth-order valence-electron chi connectivity index (χ4n) is 1.28. The Labute approximate surface area is 106 Å². The minimum absolute atomic E-state index is 0.109. The lowest BCUT2D eigenvalue weighted by atomic mass is 10.1. The van der Waals surface area contributed by atoms with Crippen LogP contribution in [0.25, 0.3) is 0 Å². The molecule has 6 heteroatoms. The van der Waals surface area contributed by atoms with Gasteiger partial charge in [-0.25, -0.2) is 0 Å². The quantitative estimate of drug-likeness (QED) is 0.367. The summed E-state index contributed by atoms with van der Waals surface area (Å²) in [5.41, 5.74) is -0.0723. The summed E-state index contributed by atoms with van der Waals surface area (Å²) in [7, 11) is 0. The van der Waals surface area contributed by atoms with Crippen LogP contribution in [-0.4, -0.2) is 17.3 Å². The van der Waals surface area contributed by atoms with Crippen molar-refractivity contribution in [3.8, 4) is 5.75 Å². The molecule has 0 aliphatic carbocycles. The molecule has 0 heterocycles. The van der Waals surface area contributed by atoms with Gasteiger partial charge in [0.05, 0.1) is 17.1 Å². The first kappa shape index (κ1) is 12.9. The number of hydrogen-bond acceptors (Lipinski definition) is 4. The molecule has 1 rings (SSSR count). The molecule has 0 N–H and O–H groups in total. The molecule has 0 aliphatic rings. The number of carbonyl (C=O) groups is 1. The molecule has 0 aromatic heterocycles. The number of ether oxygens (including phenoxy) is 1. The van der Waals surface area contributed by atoms with Crippen LogP contribution >= 0.6 is 22.6 Å². The highest BCUT2D eigenvalue weighted by Crippen LogP contribution is 2.33. The summed E-state index contributed by atoms with van der Waals surface area (Å²) in [4.78, 5) is 21.6. The Morgan fingerprint density at radius 2 is 2.19 bits per heavy atom. The average Bonchev–Trinajstić information content (AvgIpc) is 2.20. The number of rotatable bonds is 4. The van der Waals surface area contributed by atoms with Gasteiger partial charge in [0.25, 0.3) is 5.69 Å². The SMILES string of the molecule is CCOc1ccc(C(C)=O)c([N+](=O)[O-])c1I. The van der Waals surface area contributed by atoms with Gasteiger partial charge in [0.1, 0.15) is 9.32 Å². The van der Waals surface area contributed by atoms with E-state index in [0.29, 0.717) is 15.9 Å². The lowest BCUT2D eigenvalue weighted by Crippen LogP contribution is -2.04. The number of nitro benzene ring substituents is 1. The van der Waals surface area contributed by atoms with E-state index in [4.69, 9.17) is 4.74 Å². The van der Waals surface area contributed by atoms with Crippen molar-refractivity contribution in [3.05, 3.63) is 31.4 Å². The second-order valence-electron chi connectivity index (χ2n) is 3.02. The van der Waals surface area contributed by atoms with Crippen LogP contribution in [-0.2, 0) is 0 Å². The van der Waals surface area contributed by atoms with E-state index >= 15 is 0 Å². The highest BCUT2D eigenvalue weighted by molar-refractivity contribution is 14.1. The van der Waals surface area contributed by atoms with E-state index in [1.165, 1.54) is 13.0 Å². The maximum atomic E-state index is 11.2. The molecule has 16 heavy (non-hydrogen) atoms. The van der Waals surface area contributed by atoms with Crippen LogP contribution in [0.15, 0.2) is 12.1 Å². The topological polar surface area (TPSA) is 69.4 Å². The van der Waals surface area contributed by atoms with Gasteiger partial charge in [0.15, 0.2) is 5.78 Å². The first-order chi connectivity index (χ1) is 7.49. The highest BCUT2D eigenvalue weighted by atomic mass is 127. The van der Waals surface area contributed by atoms with Crippen LogP contribution in [0.2, 0.25) is 0 Å². The average molecular weight is 335 g/mol. The minimum Gasteiger partial charge on any atom is -0.493 e. The maximum Gasteiger partial charge on any atom is 0.297 e. The molecule has 0 bridgehead atoms. The van der Waals surface area contributed by atoms with Crippen LogP contribution in [0.3, 0.4) is 0 Å². The van der Waals surface area contributed by atoms with Crippen molar-refractivity contribution in [2.45, 2.75) is 13.8 Å². The molecule has 86 valence electrons. The van der Waals surface area contributed by atoms with Crippen LogP contribution in [0.1, 0.15) is 24.2 Å². The fraction of sp³-hybridized carbons (Fsp3) is 0.300. The molecular weight excluding hydrogens is 325 g/mol. The van der Waals surface area contributed by atoms with Crippen molar-refractivity contribution in [2.24, 2.45) is 0 Å². The Morgan fingerprint density at radius 1 is 1.56 bits per heavy atom. The van der Waals surface area contributed by atoms with Crippen molar-refractivity contribution in [2.75, 3.05) is 6.61 Å². The molecular formula is C10H10INO4. The largest absolute Gasteiger partial charge is 0.493 e. The van der Waals surface area contributed by atoms with Gasteiger partial charge in [0.2, 0.25) is 0 Å². The number of ketones is 1. The van der Waals surface area contributed by atoms with Crippen LogP contribution in [0.4, 0.5) is 5.69 Å². The normalized spacial score (nSPS) is 9.94. The lowest BCUT2D eigenvalue weighted by Gasteiger charge is -2.07. The Morgan fingerprint density at radius 3 is 2.62 bits per heavy atom. The third-order valence-electron chi connectivity index (χ3n) is 1.94. The van der Waals surface area contributed by atoms with E-state index in [1.807, 2.05) is 22.6 Å². The lowest BCUT2D eigenvalue weighted by molar-refractivity contribution is -0.386. The number of nitro groups is 1. The van der Waals surface area contributed by atoms with Crippen molar-refractivity contribution in [3.63, 3.8) is 0 Å². The van der Waals surface area contributed by atoms with Crippen LogP contribution < -0.4 is 4.74 Å². The second-order valence-corrected chi connectivity index (χ2v) is 4.10. The molecule has 0 unspecified atom stereocenters. The summed E-state index contributed by atoms with van der Waals surface area (Å²) in [5, 5.41) is 10.9. The van der Waals surface area contributed by atoms with Crippen molar-refractivity contribution in [1.29, 1.82) is 0 Å². The molecule has 1 aromatic carbocycles. The molecule has 5 nitrogen and oxygen atoms in total. The van der Waals surface area contributed by atoms with E-state index in [1.54, 1.807) is 13.0 Å². The number of benzene rings is 1. The summed E-state index contributed by atoms with van der Waals surface area (Å²) in [5.74, 6) is 0.104. The van der Waals surface area contributed by atoms with E-state index < -0.39 is 4.92 Å². The Bertz CT molecular complexity index is 445. The van der Waals surface area contributed by atoms with Gasteiger partial charge in [-0.05, 0) is 48.6 Å². The standard InChI is InChI=1S/C10H10INO4/c1-3-16-8-5-4-7(6(2)13)10(9(8)11)12(14)15/h4-5H,3H2,1-2H3. The summed E-state index contributed by atoms with van der Waals surface area (Å²) in [6, 6.07) is 3.00.